The number of halogens is 1. The molecule has 1 aliphatic rings. The van der Waals surface area contributed by atoms with Crippen LogP contribution in [0.3, 0.4) is 0 Å². The third-order valence-corrected chi connectivity index (χ3v) is 4.77. The van der Waals surface area contributed by atoms with Gasteiger partial charge < -0.3 is 9.64 Å². The molecule has 0 saturated heterocycles. The molecule has 7 nitrogen and oxygen atoms in total. The number of ether oxygens (including phenoxy) is 1. The molecule has 1 N–H and O–H groups in total. The van der Waals surface area contributed by atoms with Gasteiger partial charge in [0.05, 0.1) is 25.0 Å². The summed E-state index contributed by atoms with van der Waals surface area (Å²) in [6.45, 7) is 1.06. The fourth-order valence-corrected chi connectivity index (χ4v) is 3.36. The Balaban J connectivity index is 1.62. The number of nitrogens with zero attached hydrogens (tertiary/aromatic N) is 4. The van der Waals surface area contributed by atoms with Crippen LogP contribution in [0.2, 0.25) is 0 Å². The summed E-state index contributed by atoms with van der Waals surface area (Å²) in [5, 5.41) is 4.71. The van der Waals surface area contributed by atoms with Crippen LogP contribution in [0.4, 0.5) is 10.3 Å². The zero-order valence-corrected chi connectivity index (χ0v) is 14.8. The Labute approximate surface area is 159 Å². The predicted molar refractivity (Wildman–Crippen MR) is 102 cm³/mol. The molecular weight excluding hydrogens is 361 g/mol. The number of nitrogens with one attached hydrogen (secondary N) is 1. The van der Waals surface area contributed by atoms with Crippen molar-refractivity contribution in [2.45, 2.75) is 6.54 Å². The number of aromatic amines is 1. The summed E-state index contributed by atoms with van der Waals surface area (Å²) in [4.78, 5) is 21.8. The van der Waals surface area contributed by atoms with Crippen LogP contribution in [0.1, 0.15) is 5.56 Å². The van der Waals surface area contributed by atoms with Crippen LogP contribution in [0, 0.1) is 5.82 Å². The maximum Gasteiger partial charge on any atom is 0.263 e. The predicted octanol–water partition coefficient (Wildman–Crippen LogP) is 2.65. The number of para-hydroxylation sites is 1. The average Bonchev–Trinajstić information content (AvgIpc) is 3.01. The summed E-state index contributed by atoms with van der Waals surface area (Å²) in [5.74, 6) is 0.525. The Morgan fingerprint density at radius 3 is 2.82 bits per heavy atom. The number of H-pyrrole nitrogens is 1. The molecule has 0 unspecified atom stereocenters. The third kappa shape index (κ3) is 2.70. The van der Waals surface area contributed by atoms with E-state index in [-0.39, 0.29) is 17.9 Å². The second kappa shape index (κ2) is 6.49. The van der Waals surface area contributed by atoms with Crippen LogP contribution in [-0.4, -0.2) is 32.9 Å². The van der Waals surface area contributed by atoms with E-state index in [4.69, 9.17) is 4.74 Å². The van der Waals surface area contributed by atoms with Crippen molar-refractivity contribution >= 4 is 17.0 Å². The van der Waals surface area contributed by atoms with E-state index in [0.29, 0.717) is 41.4 Å². The molecule has 2 aromatic heterocycles. The molecule has 0 bridgehead atoms. The van der Waals surface area contributed by atoms with Gasteiger partial charge in [0, 0.05) is 5.56 Å². The zero-order valence-electron chi connectivity index (χ0n) is 14.8. The Hall–Kier alpha value is -3.68. The molecule has 4 aromatic rings. The average molecular weight is 377 g/mol. The molecule has 0 saturated carbocycles. The van der Waals surface area contributed by atoms with Crippen LogP contribution in [0.25, 0.3) is 16.7 Å². The minimum atomic E-state index is -0.345. The van der Waals surface area contributed by atoms with Gasteiger partial charge >= 0.3 is 0 Å². The van der Waals surface area contributed by atoms with Gasteiger partial charge in [0.15, 0.2) is 5.65 Å². The lowest BCUT2D eigenvalue weighted by molar-refractivity contribution is 0.330. The molecule has 3 heterocycles. The van der Waals surface area contributed by atoms with Crippen molar-refractivity contribution in [1.29, 1.82) is 0 Å². The van der Waals surface area contributed by atoms with Crippen molar-refractivity contribution in [2.75, 3.05) is 18.1 Å². The Morgan fingerprint density at radius 2 is 1.96 bits per heavy atom. The van der Waals surface area contributed by atoms with Gasteiger partial charge in [-0.05, 0) is 24.3 Å². The first-order chi connectivity index (χ1) is 13.7. The second-order valence-corrected chi connectivity index (χ2v) is 6.51. The van der Waals surface area contributed by atoms with E-state index < -0.39 is 0 Å². The van der Waals surface area contributed by atoms with E-state index >= 15 is 0 Å². The largest absolute Gasteiger partial charge is 0.491 e. The number of hydrogen-bond donors (Lipinski definition) is 1. The van der Waals surface area contributed by atoms with Crippen molar-refractivity contribution in [1.82, 2.24) is 19.7 Å². The number of benzene rings is 2. The number of hydrogen-bond acceptors (Lipinski definition) is 5. The molecule has 2 aromatic carbocycles. The van der Waals surface area contributed by atoms with Crippen LogP contribution in [0.5, 0.6) is 5.75 Å². The number of fused-ring (bicyclic) bond motifs is 2. The molecule has 0 atom stereocenters. The van der Waals surface area contributed by atoms with Crippen molar-refractivity contribution in [3.05, 3.63) is 76.5 Å². The number of aromatic nitrogens is 4. The molecule has 1 aliphatic heterocycles. The smallest absolute Gasteiger partial charge is 0.263 e. The Morgan fingerprint density at radius 1 is 1.11 bits per heavy atom. The highest BCUT2D eigenvalue weighted by molar-refractivity contribution is 5.76. The van der Waals surface area contributed by atoms with Gasteiger partial charge in [-0.15, -0.1) is 0 Å². The van der Waals surface area contributed by atoms with Crippen molar-refractivity contribution < 1.29 is 9.13 Å². The second-order valence-electron chi connectivity index (χ2n) is 6.51. The van der Waals surface area contributed by atoms with Crippen LogP contribution in [0.15, 0.2) is 59.5 Å². The summed E-state index contributed by atoms with van der Waals surface area (Å²) in [6, 6.07) is 14.2. The molecule has 28 heavy (non-hydrogen) atoms. The molecular formula is C20H16FN5O2. The summed E-state index contributed by atoms with van der Waals surface area (Å²) < 4.78 is 21.6. The first-order valence-corrected chi connectivity index (χ1v) is 8.89. The maximum atomic E-state index is 14.3. The summed E-state index contributed by atoms with van der Waals surface area (Å²) in [7, 11) is 0. The highest BCUT2D eigenvalue weighted by atomic mass is 19.1. The summed E-state index contributed by atoms with van der Waals surface area (Å²) in [5.41, 5.74) is 1.40. The van der Waals surface area contributed by atoms with Gasteiger partial charge in [0.25, 0.3) is 5.56 Å². The first-order valence-electron chi connectivity index (χ1n) is 8.89. The monoisotopic (exact) mass is 377 g/mol. The Kier molecular flexibility index (Phi) is 3.82. The van der Waals surface area contributed by atoms with Crippen LogP contribution >= 0.6 is 0 Å². The van der Waals surface area contributed by atoms with E-state index in [2.05, 4.69) is 15.1 Å². The minimum Gasteiger partial charge on any atom is -0.491 e. The highest BCUT2D eigenvalue weighted by Crippen LogP contribution is 2.27. The van der Waals surface area contributed by atoms with Gasteiger partial charge in [-0.3, -0.25) is 9.78 Å². The lowest BCUT2D eigenvalue weighted by Gasteiger charge is -2.20. The zero-order chi connectivity index (χ0) is 19.1. The molecule has 0 aliphatic carbocycles. The van der Waals surface area contributed by atoms with Gasteiger partial charge in [-0.25, -0.2) is 9.07 Å². The number of anilines is 1. The topological polar surface area (TPSA) is 76.0 Å². The molecule has 8 heteroatoms. The van der Waals surface area contributed by atoms with Gasteiger partial charge in [0.2, 0.25) is 5.95 Å². The molecule has 0 amide bonds. The molecule has 0 radical (unpaired) electrons. The van der Waals surface area contributed by atoms with Crippen molar-refractivity contribution in [3.8, 4) is 11.4 Å². The number of rotatable bonds is 2. The summed E-state index contributed by atoms with van der Waals surface area (Å²) in [6.07, 6.45) is 1.50. The Bertz CT molecular complexity index is 1220. The van der Waals surface area contributed by atoms with Crippen molar-refractivity contribution in [2.24, 2.45) is 0 Å². The SMILES string of the molecule is O=c1[nH]c(N2CCOc3cccc(F)c3C2)nc2c1cnn2-c1ccccc1. The van der Waals surface area contributed by atoms with E-state index in [1.165, 1.54) is 12.3 Å². The molecule has 140 valence electrons. The van der Waals surface area contributed by atoms with Crippen LogP contribution in [-0.2, 0) is 6.54 Å². The van der Waals surface area contributed by atoms with E-state index in [1.807, 2.05) is 30.3 Å². The maximum absolute atomic E-state index is 14.3. The van der Waals surface area contributed by atoms with Crippen LogP contribution < -0.4 is 15.2 Å². The third-order valence-electron chi connectivity index (χ3n) is 4.77. The quantitative estimate of drug-likeness (QED) is 0.581. The van der Waals surface area contributed by atoms with Gasteiger partial charge in [0.1, 0.15) is 23.6 Å². The fourth-order valence-electron chi connectivity index (χ4n) is 3.36. The lowest BCUT2D eigenvalue weighted by atomic mass is 10.2. The first kappa shape index (κ1) is 16.5. The standard InChI is InChI=1S/C20H16FN5O2/c21-16-7-4-8-17-15(16)12-25(9-10-28-17)20-23-18-14(19(27)24-20)11-22-26(18)13-5-2-1-3-6-13/h1-8,11H,9-10,12H2,(H,23,24,27). The van der Waals surface area contributed by atoms with Gasteiger partial charge in [-0.1, -0.05) is 24.3 Å². The minimum absolute atomic E-state index is 0.246. The van der Waals surface area contributed by atoms with E-state index in [0.717, 1.165) is 5.69 Å². The summed E-state index contributed by atoms with van der Waals surface area (Å²) >= 11 is 0. The fraction of sp³-hybridized carbons (Fsp3) is 0.150. The molecule has 0 spiro atoms. The van der Waals surface area contributed by atoms with Crippen molar-refractivity contribution in [3.63, 3.8) is 0 Å². The van der Waals surface area contributed by atoms with E-state index in [1.54, 1.807) is 21.7 Å². The van der Waals surface area contributed by atoms with E-state index in [9.17, 15) is 9.18 Å². The molecule has 0 fully saturated rings. The highest BCUT2D eigenvalue weighted by Gasteiger charge is 2.22. The molecule has 5 rings (SSSR count). The van der Waals surface area contributed by atoms with Gasteiger partial charge in [-0.2, -0.15) is 10.1 Å². The normalized spacial score (nSPS) is 13.8. The lowest BCUT2D eigenvalue weighted by Crippen LogP contribution is -2.29.